The van der Waals surface area contributed by atoms with E-state index < -0.39 is 18.1 Å². The largest absolute Gasteiger partial charge is 0.497 e. The average molecular weight is 549 g/mol. The number of amides is 2. The fourth-order valence-electron chi connectivity index (χ4n) is 5.82. The first-order valence-corrected chi connectivity index (χ1v) is 13.2. The molecule has 3 aliphatic heterocycles. The molecule has 5 rings (SSSR count). The van der Waals surface area contributed by atoms with E-state index in [0.29, 0.717) is 56.5 Å². The number of carbonyl (C=O) groups is 1. The number of hydrogen-bond donors (Lipinski definition) is 2. The lowest BCUT2D eigenvalue weighted by Gasteiger charge is -2.44. The Kier molecular flexibility index (Phi) is 7.88. The molecule has 0 saturated carbocycles. The molecule has 1 aromatic heterocycles. The maximum atomic E-state index is 14.0. The van der Waals surface area contributed by atoms with Crippen LogP contribution in [0.1, 0.15) is 36.3 Å². The normalized spacial score (nSPS) is 20.3. The number of alkyl halides is 3. The number of anilines is 1. The second-order valence-electron chi connectivity index (χ2n) is 10.5. The number of likely N-dealkylation sites (tertiary alicyclic amines) is 1. The third-order valence-electron chi connectivity index (χ3n) is 8.07. The molecule has 2 amide bonds. The van der Waals surface area contributed by atoms with Gasteiger partial charge in [-0.3, -0.25) is 15.8 Å². The fourth-order valence-corrected chi connectivity index (χ4v) is 5.82. The van der Waals surface area contributed by atoms with E-state index in [1.54, 1.807) is 19.1 Å². The Balaban J connectivity index is 1.41. The summed E-state index contributed by atoms with van der Waals surface area (Å²) in [6, 6.07) is 11.2. The molecule has 0 atom stereocenters. The quantitative estimate of drug-likeness (QED) is 0.523. The van der Waals surface area contributed by atoms with E-state index >= 15 is 0 Å². The highest BCUT2D eigenvalue weighted by molar-refractivity contribution is 5.94. The monoisotopic (exact) mass is 548 g/mol. The first-order valence-electron chi connectivity index (χ1n) is 13.2. The lowest BCUT2D eigenvalue weighted by Crippen LogP contribution is -2.54. The van der Waals surface area contributed by atoms with Gasteiger partial charge in [0.1, 0.15) is 11.6 Å². The maximum absolute atomic E-state index is 14.0. The molecule has 39 heavy (non-hydrogen) atoms. The summed E-state index contributed by atoms with van der Waals surface area (Å²) in [4.78, 5) is 24.1. The van der Waals surface area contributed by atoms with Gasteiger partial charge in [-0.25, -0.2) is 4.79 Å². The topological polar surface area (TPSA) is 82.2 Å². The van der Waals surface area contributed by atoms with Crippen molar-refractivity contribution in [3.05, 3.63) is 47.5 Å². The molecular formula is C27H35F3N6O3. The Morgan fingerprint density at radius 1 is 1.08 bits per heavy atom. The number of rotatable bonds is 8. The number of piperidine rings is 1. The van der Waals surface area contributed by atoms with Crippen molar-refractivity contribution in [3.8, 4) is 11.6 Å². The number of hydrogen-bond acceptors (Lipinski definition) is 7. The number of hydrazine groups is 1. The van der Waals surface area contributed by atoms with Gasteiger partial charge < -0.3 is 19.3 Å². The van der Waals surface area contributed by atoms with Crippen molar-refractivity contribution in [1.82, 2.24) is 25.6 Å². The van der Waals surface area contributed by atoms with Crippen molar-refractivity contribution >= 4 is 11.8 Å². The zero-order chi connectivity index (χ0) is 27.6. The van der Waals surface area contributed by atoms with Gasteiger partial charge >= 0.3 is 12.2 Å². The van der Waals surface area contributed by atoms with Gasteiger partial charge in [0, 0.05) is 50.7 Å². The maximum Gasteiger partial charge on any atom is 0.390 e. The molecule has 0 aliphatic carbocycles. The van der Waals surface area contributed by atoms with Crippen LogP contribution in [0.4, 0.5) is 23.8 Å². The van der Waals surface area contributed by atoms with Crippen LogP contribution in [0.2, 0.25) is 0 Å². The number of carbonyl (C=O) groups excluding carboxylic acids is 1. The van der Waals surface area contributed by atoms with Crippen LogP contribution in [0.25, 0.3) is 0 Å². The van der Waals surface area contributed by atoms with Gasteiger partial charge in [-0.1, -0.05) is 12.1 Å². The average Bonchev–Trinajstić information content (AvgIpc) is 3.56. The summed E-state index contributed by atoms with van der Waals surface area (Å²) in [5.74, 6) is 1.89. The summed E-state index contributed by atoms with van der Waals surface area (Å²) in [5, 5.41) is 0. The molecule has 1 aromatic carbocycles. The fraction of sp³-hybridized carbons (Fsp3) is 0.556. The van der Waals surface area contributed by atoms with Gasteiger partial charge in [0.15, 0.2) is 0 Å². The van der Waals surface area contributed by atoms with Gasteiger partial charge in [-0.2, -0.15) is 18.2 Å². The Morgan fingerprint density at radius 3 is 2.49 bits per heavy atom. The van der Waals surface area contributed by atoms with Crippen LogP contribution in [0.15, 0.2) is 36.4 Å². The molecule has 4 heterocycles. The summed E-state index contributed by atoms with van der Waals surface area (Å²) in [5.41, 5.74) is 7.59. The highest BCUT2D eigenvalue weighted by atomic mass is 19.4. The number of halogens is 3. The van der Waals surface area contributed by atoms with Crippen molar-refractivity contribution in [3.63, 3.8) is 0 Å². The van der Waals surface area contributed by atoms with E-state index in [1.165, 1.54) is 0 Å². The number of nitrogens with one attached hydrogen (secondary N) is 2. The number of urea groups is 1. The van der Waals surface area contributed by atoms with Crippen molar-refractivity contribution < 1.29 is 27.4 Å². The molecule has 2 aromatic rings. The minimum absolute atomic E-state index is 0.0295. The Bertz CT molecular complexity index is 1170. The highest BCUT2D eigenvalue weighted by Gasteiger charge is 2.51. The lowest BCUT2D eigenvalue weighted by atomic mass is 9.86. The van der Waals surface area contributed by atoms with Gasteiger partial charge in [0.25, 0.3) is 0 Å². The Morgan fingerprint density at radius 2 is 1.82 bits per heavy atom. The van der Waals surface area contributed by atoms with Crippen LogP contribution in [0.3, 0.4) is 0 Å². The smallest absolute Gasteiger partial charge is 0.390 e. The summed E-state index contributed by atoms with van der Waals surface area (Å²) in [6.45, 7) is 3.23. The molecule has 0 unspecified atom stereocenters. The first-order chi connectivity index (χ1) is 18.7. The molecule has 12 heteroatoms. The van der Waals surface area contributed by atoms with Crippen LogP contribution < -0.4 is 25.2 Å². The SMILES string of the molecule is COc1cccc(CN2C(=O)N(c3ccc(C4CNNC4)c(OC)n3)CC23CCN(CCC(F)(F)F)CC3)c1. The summed E-state index contributed by atoms with van der Waals surface area (Å²) in [7, 11) is 3.17. The molecule has 2 N–H and O–H groups in total. The number of ether oxygens (including phenoxy) is 2. The zero-order valence-electron chi connectivity index (χ0n) is 22.3. The summed E-state index contributed by atoms with van der Waals surface area (Å²) < 4.78 is 49.5. The van der Waals surface area contributed by atoms with Crippen LogP contribution in [-0.4, -0.2) is 86.0 Å². The molecule has 0 radical (unpaired) electrons. The first kappa shape index (κ1) is 27.5. The molecule has 3 saturated heterocycles. The predicted octanol–water partition coefficient (Wildman–Crippen LogP) is 3.52. The van der Waals surface area contributed by atoms with Crippen LogP contribution >= 0.6 is 0 Å². The van der Waals surface area contributed by atoms with E-state index in [0.717, 1.165) is 24.2 Å². The van der Waals surface area contributed by atoms with E-state index in [-0.39, 0.29) is 18.5 Å². The molecule has 3 aliphatic rings. The van der Waals surface area contributed by atoms with Crippen LogP contribution in [0, 0.1) is 0 Å². The van der Waals surface area contributed by atoms with Gasteiger partial charge in [-0.15, -0.1) is 0 Å². The number of pyridine rings is 1. The lowest BCUT2D eigenvalue weighted by molar-refractivity contribution is -0.139. The molecule has 9 nitrogen and oxygen atoms in total. The molecule has 1 spiro atoms. The summed E-state index contributed by atoms with van der Waals surface area (Å²) in [6.07, 6.45) is -3.87. The van der Waals surface area contributed by atoms with Crippen LogP contribution in [-0.2, 0) is 6.54 Å². The van der Waals surface area contributed by atoms with Crippen LogP contribution in [0.5, 0.6) is 11.6 Å². The number of nitrogens with zero attached hydrogens (tertiary/aromatic N) is 4. The van der Waals surface area contributed by atoms with Crippen molar-refractivity contribution in [2.24, 2.45) is 0 Å². The Hall–Kier alpha value is -3.09. The van der Waals surface area contributed by atoms with E-state index in [1.807, 2.05) is 46.2 Å². The van der Waals surface area contributed by atoms with E-state index in [4.69, 9.17) is 14.5 Å². The highest BCUT2D eigenvalue weighted by Crippen LogP contribution is 2.40. The minimum atomic E-state index is -4.19. The van der Waals surface area contributed by atoms with Crippen molar-refractivity contribution in [1.29, 1.82) is 0 Å². The minimum Gasteiger partial charge on any atom is -0.497 e. The standard InChI is InChI=1S/C27H35F3N6O3/c1-38-21-5-3-4-19(14-21)17-36-25(37)35(18-26(36)8-11-34(12-9-26)13-10-27(28,29)30)23-7-6-22(24(33-23)39-2)20-15-31-32-16-20/h3-7,14,20,31-32H,8-13,15-18H2,1-2H3. The van der Waals surface area contributed by atoms with Crippen molar-refractivity contribution in [2.75, 3.05) is 58.4 Å². The number of methoxy groups -OCH3 is 2. The Labute approximate surface area is 226 Å². The third kappa shape index (κ3) is 5.92. The molecule has 212 valence electrons. The van der Waals surface area contributed by atoms with Gasteiger partial charge in [0.2, 0.25) is 5.88 Å². The van der Waals surface area contributed by atoms with Crippen molar-refractivity contribution in [2.45, 2.75) is 43.4 Å². The number of benzene rings is 1. The number of aromatic nitrogens is 1. The summed E-state index contributed by atoms with van der Waals surface area (Å²) >= 11 is 0. The predicted molar refractivity (Wildman–Crippen MR) is 140 cm³/mol. The second kappa shape index (κ2) is 11.2. The van der Waals surface area contributed by atoms with E-state index in [2.05, 4.69) is 10.9 Å². The van der Waals surface area contributed by atoms with E-state index in [9.17, 15) is 18.0 Å². The van der Waals surface area contributed by atoms with Gasteiger partial charge in [0.05, 0.1) is 32.7 Å². The molecule has 0 bridgehead atoms. The second-order valence-corrected chi connectivity index (χ2v) is 10.5. The molecular weight excluding hydrogens is 513 g/mol. The van der Waals surface area contributed by atoms with Gasteiger partial charge in [-0.05, 0) is 42.7 Å². The molecule has 3 fully saturated rings. The zero-order valence-corrected chi connectivity index (χ0v) is 22.3. The third-order valence-corrected chi connectivity index (χ3v) is 8.07.